The largest absolute Gasteiger partial charge is 0.462 e. The maximum Gasteiger partial charge on any atom is 0.311 e. The highest BCUT2D eigenvalue weighted by Crippen LogP contribution is 2.23. The van der Waals surface area contributed by atoms with Gasteiger partial charge in [0.1, 0.15) is 6.10 Å². The fraction of sp³-hybridized carbons (Fsp3) is 0.917. The van der Waals surface area contributed by atoms with Crippen LogP contribution < -0.4 is 0 Å². The van der Waals surface area contributed by atoms with Crippen molar-refractivity contribution in [1.29, 1.82) is 0 Å². The van der Waals surface area contributed by atoms with Crippen molar-refractivity contribution in [3.8, 4) is 0 Å². The molecule has 1 aliphatic carbocycles. The molecule has 1 saturated carbocycles. The van der Waals surface area contributed by atoms with Crippen LogP contribution in [0.25, 0.3) is 0 Å². The minimum atomic E-state index is -0.413. The van der Waals surface area contributed by atoms with E-state index in [2.05, 4.69) is 0 Å². The molecule has 0 spiro atoms. The van der Waals surface area contributed by atoms with Gasteiger partial charge in [-0.05, 0) is 19.3 Å². The van der Waals surface area contributed by atoms with Gasteiger partial charge in [0.2, 0.25) is 0 Å². The highest BCUT2D eigenvalue weighted by Gasteiger charge is 2.27. The van der Waals surface area contributed by atoms with Gasteiger partial charge in [0.15, 0.2) is 6.29 Å². The van der Waals surface area contributed by atoms with E-state index in [9.17, 15) is 4.79 Å². The Morgan fingerprint density at radius 1 is 1.24 bits per heavy atom. The van der Waals surface area contributed by atoms with Crippen LogP contribution in [-0.4, -0.2) is 44.8 Å². The molecular weight excluding hydrogens is 224 g/mol. The number of methoxy groups -OCH3 is 1. The second-order valence-corrected chi connectivity index (χ2v) is 4.51. The van der Waals surface area contributed by atoms with E-state index < -0.39 is 6.29 Å². The lowest BCUT2D eigenvalue weighted by Gasteiger charge is -2.28. The van der Waals surface area contributed by atoms with Gasteiger partial charge in [-0.15, -0.1) is 0 Å². The number of ether oxygens (including phenoxy) is 4. The molecule has 0 bridgehead atoms. The zero-order chi connectivity index (χ0) is 12.1. The van der Waals surface area contributed by atoms with E-state index >= 15 is 0 Å². The lowest BCUT2D eigenvalue weighted by atomic mass is 9.95. The summed E-state index contributed by atoms with van der Waals surface area (Å²) in [5, 5.41) is 0. The van der Waals surface area contributed by atoms with Crippen LogP contribution >= 0.6 is 0 Å². The minimum Gasteiger partial charge on any atom is -0.462 e. The van der Waals surface area contributed by atoms with Crippen molar-refractivity contribution in [2.75, 3.05) is 20.3 Å². The molecule has 2 atom stereocenters. The van der Waals surface area contributed by atoms with E-state index in [1.807, 2.05) is 0 Å². The first-order valence-electron chi connectivity index (χ1n) is 6.23. The van der Waals surface area contributed by atoms with Crippen molar-refractivity contribution < 1.29 is 23.7 Å². The molecule has 2 unspecified atom stereocenters. The monoisotopic (exact) mass is 244 g/mol. The molecule has 1 aliphatic heterocycles. The van der Waals surface area contributed by atoms with Crippen molar-refractivity contribution in [3.05, 3.63) is 0 Å². The number of rotatable bonds is 4. The van der Waals surface area contributed by atoms with Gasteiger partial charge >= 0.3 is 5.97 Å². The average molecular weight is 244 g/mol. The fourth-order valence-corrected chi connectivity index (χ4v) is 2.32. The van der Waals surface area contributed by atoms with Gasteiger partial charge in [-0.25, -0.2) is 0 Å². The molecule has 0 radical (unpaired) electrons. The molecule has 2 aliphatic rings. The van der Waals surface area contributed by atoms with Crippen LogP contribution in [0.2, 0.25) is 0 Å². The Balaban J connectivity index is 1.70. The third kappa shape index (κ3) is 3.94. The Bertz CT molecular complexity index is 249. The number of carbonyl (C=O) groups excluding carboxylic acids is 1. The molecule has 1 heterocycles. The highest BCUT2D eigenvalue weighted by molar-refractivity contribution is 5.70. The van der Waals surface area contributed by atoms with Gasteiger partial charge in [0, 0.05) is 13.5 Å². The van der Waals surface area contributed by atoms with Gasteiger partial charge in [-0.1, -0.05) is 0 Å². The van der Waals surface area contributed by atoms with Gasteiger partial charge in [-0.2, -0.15) is 0 Å². The minimum absolute atomic E-state index is 0.0115. The number of esters is 1. The molecule has 2 rings (SSSR count). The maximum atomic E-state index is 11.6. The number of hydrogen-bond acceptors (Lipinski definition) is 5. The summed E-state index contributed by atoms with van der Waals surface area (Å²) in [6.07, 6.45) is 3.82. The van der Waals surface area contributed by atoms with Crippen LogP contribution in [0.3, 0.4) is 0 Å². The van der Waals surface area contributed by atoms with E-state index in [-0.39, 0.29) is 24.6 Å². The van der Waals surface area contributed by atoms with Crippen LogP contribution in [-0.2, 0) is 23.7 Å². The Morgan fingerprint density at radius 2 is 1.94 bits per heavy atom. The van der Waals surface area contributed by atoms with Crippen LogP contribution in [0.1, 0.15) is 32.1 Å². The molecule has 5 nitrogen and oxygen atoms in total. The molecule has 0 N–H and O–H groups in total. The summed E-state index contributed by atoms with van der Waals surface area (Å²) >= 11 is 0. The van der Waals surface area contributed by atoms with Gasteiger partial charge < -0.3 is 18.9 Å². The van der Waals surface area contributed by atoms with Crippen LogP contribution in [0, 0.1) is 0 Å². The number of hydrogen-bond donors (Lipinski definition) is 0. The molecule has 2 fully saturated rings. The van der Waals surface area contributed by atoms with Crippen molar-refractivity contribution in [2.24, 2.45) is 0 Å². The summed E-state index contributed by atoms with van der Waals surface area (Å²) in [7, 11) is 1.70. The zero-order valence-corrected chi connectivity index (χ0v) is 10.2. The first kappa shape index (κ1) is 12.8. The van der Waals surface area contributed by atoms with E-state index in [4.69, 9.17) is 18.9 Å². The topological polar surface area (TPSA) is 54.0 Å². The van der Waals surface area contributed by atoms with E-state index in [1.165, 1.54) is 0 Å². The molecule has 5 heteroatoms. The van der Waals surface area contributed by atoms with Crippen LogP contribution in [0.4, 0.5) is 0 Å². The summed E-state index contributed by atoms with van der Waals surface area (Å²) in [6, 6.07) is 0. The smallest absolute Gasteiger partial charge is 0.311 e. The van der Waals surface area contributed by atoms with Crippen molar-refractivity contribution in [1.82, 2.24) is 0 Å². The summed E-state index contributed by atoms with van der Waals surface area (Å²) in [6.45, 7) is 1.13. The summed E-state index contributed by atoms with van der Waals surface area (Å²) in [4.78, 5) is 11.6. The normalized spacial score (nSPS) is 30.4. The molecule has 0 aromatic heterocycles. The Morgan fingerprint density at radius 3 is 2.65 bits per heavy atom. The first-order chi connectivity index (χ1) is 8.28. The summed E-state index contributed by atoms with van der Waals surface area (Å²) in [5.41, 5.74) is 0. The van der Waals surface area contributed by atoms with Crippen molar-refractivity contribution >= 4 is 5.97 Å². The maximum absolute atomic E-state index is 11.6. The quantitative estimate of drug-likeness (QED) is 0.697. The average Bonchev–Trinajstić information content (AvgIpc) is 2.82. The first-order valence-corrected chi connectivity index (χ1v) is 6.23. The Kier molecular flexibility index (Phi) is 4.76. The van der Waals surface area contributed by atoms with Gasteiger partial charge in [0.25, 0.3) is 0 Å². The molecule has 0 aromatic carbocycles. The third-order valence-electron chi connectivity index (χ3n) is 3.23. The second kappa shape index (κ2) is 6.33. The number of carbonyl (C=O) groups is 1. The molecule has 0 amide bonds. The predicted octanol–water partition coefficient (Wildman–Crippen LogP) is 1.25. The highest BCUT2D eigenvalue weighted by atomic mass is 16.7. The summed E-state index contributed by atoms with van der Waals surface area (Å²) in [5.74, 6) is -0.237. The van der Waals surface area contributed by atoms with E-state index in [0.29, 0.717) is 13.2 Å². The Labute approximate surface area is 101 Å². The SMILES string of the molecule is COC1CCCC(OC(=O)CC2OCCO2)C1. The zero-order valence-electron chi connectivity index (χ0n) is 10.2. The lowest BCUT2D eigenvalue weighted by molar-refractivity contribution is -0.160. The second-order valence-electron chi connectivity index (χ2n) is 4.51. The molecule has 0 aromatic rings. The van der Waals surface area contributed by atoms with E-state index in [0.717, 1.165) is 25.7 Å². The molecular formula is C12H20O5. The van der Waals surface area contributed by atoms with Crippen LogP contribution in [0.15, 0.2) is 0 Å². The molecule has 17 heavy (non-hydrogen) atoms. The lowest BCUT2D eigenvalue weighted by Crippen LogP contribution is -2.30. The fourth-order valence-electron chi connectivity index (χ4n) is 2.32. The van der Waals surface area contributed by atoms with Gasteiger partial charge in [0.05, 0.1) is 25.7 Å². The molecule has 1 saturated heterocycles. The standard InChI is InChI=1S/C12H20O5/c1-14-9-3-2-4-10(7-9)17-11(13)8-12-15-5-6-16-12/h9-10,12H,2-8H2,1H3. The van der Waals surface area contributed by atoms with Crippen molar-refractivity contribution in [2.45, 2.75) is 50.6 Å². The predicted molar refractivity (Wildman–Crippen MR) is 59.5 cm³/mol. The third-order valence-corrected chi connectivity index (χ3v) is 3.23. The summed E-state index contributed by atoms with van der Waals surface area (Å²) < 4.78 is 21.1. The molecule has 98 valence electrons. The van der Waals surface area contributed by atoms with Crippen LogP contribution in [0.5, 0.6) is 0 Å². The van der Waals surface area contributed by atoms with Gasteiger partial charge in [-0.3, -0.25) is 4.79 Å². The Hall–Kier alpha value is -0.650. The van der Waals surface area contributed by atoms with E-state index in [1.54, 1.807) is 7.11 Å². The van der Waals surface area contributed by atoms with Crippen molar-refractivity contribution in [3.63, 3.8) is 0 Å².